The minimum absolute atomic E-state index is 0.0189. The van der Waals surface area contributed by atoms with Gasteiger partial charge in [0.2, 0.25) is 11.8 Å². The largest absolute Gasteiger partial charge is 0.480 e. The SMILES string of the molecule is CC(C)Cc1nc(CN2CC(=O)NCC2C(=O)O)no1. The van der Waals surface area contributed by atoms with Gasteiger partial charge in [-0.2, -0.15) is 4.98 Å². The van der Waals surface area contributed by atoms with Gasteiger partial charge in [0.1, 0.15) is 6.04 Å². The molecule has 8 heteroatoms. The molecule has 1 aliphatic rings. The Kier molecular flexibility index (Phi) is 4.33. The first-order valence-electron chi connectivity index (χ1n) is 6.50. The molecule has 1 amide bonds. The van der Waals surface area contributed by atoms with Gasteiger partial charge in [-0.05, 0) is 5.92 Å². The summed E-state index contributed by atoms with van der Waals surface area (Å²) in [5, 5.41) is 15.5. The number of aromatic nitrogens is 2. The first kappa shape index (κ1) is 14.4. The van der Waals surface area contributed by atoms with Gasteiger partial charge in [0.15, 0.2) is 5.82 Å². The van der Waals surface area contributed by atoms with Crippen LogP contribution in [0.5, 0.6) is 0 Å². The summed E-state index contributed by atoms with van der Waals surface area (Å²) in [7, 11) is 0. The molecule has 8 nitrogen and oxygen atoms in total. The van der Waals surface area contributed by atoms with Crippen LogP contribution in [0.15, 0.2) is 4.52 Å². The van der Waals surface area contributed by atoms with Crippen molar-refractivity contribution in [1.29, 1.82) is 0 Å². The van der Waals surface area contributed by atoms with Gasteiger partial charge in [0.05, 0.1) is 13.1 Å². The Morgan fingerprint density at radius 2 is 2.35 bits per heavy atom. The smallest absolute Gasteiger partial charge is 0.322 e. The number of carbonyl (C=O) groups excluding carboxylic acids is 1. The standard InChI is InChI=1S/C12H18N4O4/c1-7(2)3-11-14-9(15-20-11)5-16-6-10(17)13-4-8(16)12(18)19/h7-8H,3-6H2,1-2H3,(H,13,17)(H,18,19). The van der Waals surface area contributed by atoms with Gasteiger partial charge in [-0.3, -0.25) is 14.5 Å². The monoisotopic (exact) mass is 282 g/mol. The van der Waals surface area contributed by atoms with Gasteiger partial charge < -0.3 is 14.9 Å². The predicted molar refractivity (Wildman–Crippen MR) is 67.7 cm³/mol. The highest BCUT2D eigenvalue weighted by Gasteiger charge is 2.32. The van der Waals surface area contributed by atoms with Crippen LogP contribution in [0.25, 0.3) is 0 Å². The normalized spacial score (nSPS) is 20.1. The number of carboxylic acids is 1. The van der Waals surface area contributed by atoms with Gasteiger partial charge in [0, 0.05) is 13.0 Å². The first-order chi connectivity index (χ1) is 9.45. The van der Waals surface area contributed by atoms with E-state index in [1.807, 2.05) is 13.8 Å². The van der Waals surface area contributed by atoms with E-state index in [2.05, 4.69) is 15.5 Å². The Balaban J connectivity index is 2.04. The Labute approximate surface area is 116 Å². The van der Waals surface area contributed by atoms with Gasteiger partial charge in [-0.1, -0.05) is 19.0 Å². The van der Waals surface area contributed by atoms with Crippen LogP contribution in [0, 0.1) is 5.92 Å². The number of piperazine rings is 1. The number of carboxylic acid groups (broad SMARTS) is 1. The van der Waals surface area contributed by atoms with E-state index >= 15 is 0 Å². The Morgan fingerprint density at radius 1 is 1.60 bits per heavy atom. The molecule has 1 aliphatic heterocycles. The van der Waals surface area contributed by atoms with E-state index in [0.717, 1.165) is 0 Å². The molecule has 0 radical (unpaired) electrons. The van der Waals surface area contributed by atoms with Crippen LogP contribution in [0.4, 0.5) is 0 Å². The molecule has 1 atom stereocenters. The lowest BCUT2D eigenvalue weighted by Gasteiger charge is -2.31. The number of aliphatic carboxylic acids is 1. The summed E-state index contributed by atoms with van der Waals surface area (Å²) in [4.78, 5) is 28.3. The van der Waals surface area contributed by atoms with Crippen LogP contribution in [-0.2, 0) is 22.6 Å². The summed E-state index contributed by atoms with van der Waals surface area (Å²) in [6, 6.07) is -0.764. The molecule has 2 rings (SSSR count). The van der Waals surface area contributed by atoms with E-state index < -0.39 is 12.0 Å². The van der Waals surface area contributed by atoms with Crippen LogP contribution in [0.3, 0.4) is 0 Å². The Hall–Kier alpha value is -1.96. The summed E-state index contributed by atoms with van der Waals surface area (Å²) in [5.41, 5.74) is 0. The second-order valence-corrected chi connectivity index (χ2v) is 5.27. The van der Waals surface area contributed by atoms with Crippen LogP contribution in [0.2, 0.25) is 0 Å². The third-order valence-electron chi connectivity index (χ3n) is 3.00. The highest BCUT2D eigenvalue weighted by atomic mass is 16.5. The lowest BCUT2D eigenvalue weighted by molar-refractivity contribution is -0.146. The van der Waals surface area contributed by atoms with Crippen LogP contribution in [-0.4, -0.2) is 51.2 Å². The van der Waals surface area contributed by atoms with E-state index in [9.17, 15) is 9.59 Å². The summed E-state index contributed by atoms with van der Waals surface area (Å²) >= 11 is 0. The number of carbonyl (C=O) groups is 2. The zero-order chi connectivity index (χ0) is 14.7. The van der Waals surface area contributed by atoms with E-state index in [-0.39, 0.29) is 25.5 Å². The molecule has 1 fully saturated rings. The molecule has 2 N–H and O–H groups in total. The van der Waals surface area contributed by atoms with Crippen molar-refractivity contribution in [2.75, 3.05) is 13.1 Å². The van der Waals surface area contributed by atoms with E-state index in [0.29, 0.717) is 24.1 Å². The fraction of sp³-hybridized carbons (Fsp3) is 0.667. The van der Waals surface area contributed by atoms with E-state index in [1.165, 1.54) is 4.90 Å². The van der Waals surface area contributed by atoms with Crippen molar-refractivity contribution in [3.05, 3.63) is 11.7 Å². The molecule has 0 saturated carbocycles. The molecule has 1 aromatic rings. The van der Waals surface area contributed by atoms with Crippen LogP contribution in [0.1, 0.15) is 25.6 Å². The topological polar surface area (TPSA) is 109 Å². The molecule has 0 aliphatic carbocycles. The van der Waals surface area contributed by atoms with E-state index in [4.69, 9.17) is 9.63 Å². The average molecular weight is 282 g/mol. The van der Waals surface area contributed by atoms with Crippen LogP contribution >= 0.6 is 0 Å². The van der Waals surface area contributed by atoms with Crippen molar-refractivity contribution >= 4 is 11.9 Å². The number of hydrogen-bond acceptors (Lipinski definition) is 6. The Morgan fingerprint density at radius 3 is 3.00 bits per heavy atom. The quantitative estimate of drug-likeness (QED) is 0.760. The summed E-state index contributed by atoms with van der Waals surface area (Å²) in [6.07, 6.45) is 0.676. The number of hydrogen-bond donors (Lipinski definition) is 2. The first-order valence-corrected chi connectivity index (χ1v) is 6.50. The molecule has 110 valence electrons. The fourth-order valence-corrected chi connectivity index (χ4v) is 2.07. The minimum Gasteiger partial charge on any atom is -0.480 e. The lowest BCUT2D eigenvalue weighted by atomic mass is 10.1. The van der Waals surface area contributed by atoms with Crippen LogP contribution < -0.4 is 5.32 Å². The molecule has 20 heavy (non-hydrogen) atoms. The summed E-state index contributed by atoms with van der Waals surface area (Å²) in [5.74, 6) is 0.157. The van der Waals surface area contributed by atoms with Crippen molar-refractivity contribution in [3.8, 4) is 0 Å². The zero-order valence-electron chi connectivity index (χ0n) is 11.5. The maximum absolute atomic E-state index is 11.4. The van der Waals surface area contributed by atoms with Gasteiger partial charge >= 0.3 is 5.97 Å². The van der Waals surface area contributed by atoms with Gasteiger partial charge in [0.25, 0.3) is 0 Å². The molecule has 0 spiro atoms. The highest BCUT2D eigenvalue weighted by molar-refractivity contribution is 5.83. The average Bonchev–Trinajstić information content (AvgIpc) is 2.75. The predicted octanol–water partition coefficient (Wildman–Crippen LogP) is -0.347. The number of rotatable bonds is 5. The third-order valence-corrected chi connectivity index (χ3v) is 3.00. The van der Waals surface area contributed by atoms with Crippen molar-refractivity contribution in [1.82, 2.24) is 20.4 Å². The maximum atomic E-state index is 11.4. The summed E-state index contributed by atoms with van der Waals surface area (Å²) < 4.78 is 5.10. The van der Waals surface area contributed by atoms with Gasteiger partial charge in [-0.25, -0.2) is 0 Å². The molecule has 2 heterocycles. The fourth-order valence-electron chi connectivity index (χ4n) is 2.07. The van der Waals surface area contributed by atoms with Crippen molar-refractivity contribution < 1.29 is 19.2 Å². The molecule has 0 aromatic carbocycles. The zero-order valence-corrected chi connectivity index (χ0v) is 11.5. The number of amides is 1. The third kappa shape index (κ3) is 3.53. The number of nitrogens with one attached hydrogen (secondary N) is 1. The maximum Gasteiger partial charge on any atom is 0.322 e. The van der Waals surface area contributed by atoms with Gasteiger partial charge in [-0.15, -0.1) is 0 Å². The van der Waals surface area contributed by atoms with Crippen molar-refractivity contribution in [2.45, 2.75) is 32.9 Å². The summed E-state index contributed by atoms with van der Waals surface area (Å²) in [6.45, 7) is 4.38. The van der Waals surface area contributed by atoms with Crippen molar-refractivity contribution in [2.24, 2.45) is 5.92 Å². The molecule has 1 aromatic heterocycles. The molecule has 0 bridgehead atoms. The molecule has 1 unspecified atom stereocenters. The second-order valence-electron chi connectivity index (χ2n) is 5.27. The number of nitrogens with zero attached hydrogens (tertiary/aromatic N) is 3. The lowest BCUT2D eigenvalue weighted by Crippen LogP contribution is -2.57. The molecular formula is C12H18N4O4. The minimum atomic E-state index is -0.976. The second kappa shape index (κ2) is 6.00. The Bertz CT molecular complexity index is 499. The van der Waals surface area contributed by atoms with Crippen molar-refractivity contribution in [3.63, 3.8) is 0 Å². The highest BCUT2D eigenvalue weighted by Crippen LogP contribution is 2.11. The van der Waals surface area contributed by atoms with E-state index in [1.54, 1.807) is 0 Å². The molecule has 1 saturated heterocycles. The molecular weight excluding hydrogens is 264 g/mol.